The van der Waals surface area contributed by atoms with Crippen molar-refractivity contribution in [1.82, 2.24) is 0 Å². The van der Waals surface area contributed by atoms with Crippen molar-refractivity contribution < 1.29 is 22.9 Å². The molecule has 0 heterocycles. The first kappa shape index (κ1) is 18.2. The maximum absolute atomic E-state index is 12.3. The fraction of sp³-hybridized carbons (Fsp3) is 1.00. The molecule has 6 nitrogen and oxygen atoms in total. The molecule has 0 aliphatic carbocycles. The molecule has 0 aliphatic rings. The summed E-state index contributed by atoms with van der Waals surface area (Å²) in [4.78, 5) is 0. The number of unbranched alkanes of at least 4 members (excludes halogenated alkanes) is 2. The second-order valence-electron chi connectivity index (χ2n) is 3.53. The van der Waals surface area contributed by atoms with Gasteiger partial charge in [0.1, 0.15) is 0 Å². The van der Waals surface area contributed by atoms with Crippen molar-refractivity contribution in [2.45, 2.75) is 38.7 Å². The summed E-state index contributed by atoms with van der Waals surface area (Å²) < 4.78 is 38.8. The van der Waals surface area contributed by atoms with Gasteiger partial charge in [0.2, 0.25) is 14.0 Å². The molecule has 1 unspecified atom stereocenters. The van der Waals surface area contributed by atoms with E-state index in [4.69, 9.17) is 19.5 Å². The lowest BCUT2D eigenvalue weighted by Gasteiger charge is -2.21. The number of ether oxygens (including phenoxy) is 1. The molecule has 0 bridgehead atoms. The quantitative estimate of drug-likeness (QED) is 0.440. The first-order valence-corrected chi connectivity index (χ1v) is 8.66. The van der Waals surface area contributed by atoms with Crippen LogP contribution in [-0.4, -0.2) is 32.0 Å². The Bertz CT molecular complexity index is 255. The van der Waals surface area contributed by atoms with E-state index in [1.165, 1.54) is 0 Å². The van der Waals surface area contributed by atoms with E-state index in [-0.39, 0.29) is 21.7 Å². The van der Waals surface area contributed by atoms with Gasteiger partial charge >= 0.3 is 7.60 Å². The molecule has 0 aliphatic heterocycles. The standard InChI is InChI=1S/C10H23NO5P2/c1-3-15-18(13,16-4-2)10(17-12)14-9-7-5-6-8-11/h10H,3-9,11H2,1-2H3. The minimum Gasteiger partial charge on any atom is -0.355 e. The number of hydrogen-bond acceptors (Lipinski definition) is 6. The zero-order valence-corrected chi connectivity index (χ0v) is 12.8. The average molecular weight is 299 g/mol. The van der Waals surface area contributed by atoms with Crippen LogP contribution in [-0.2, 0) is 22.9 Å². The Morgan fingerprint density at radius 3 is 2.22 bits per heavy atom. The van der Waals surface area contributed by atoms with E-state index in [1.807, 2.05) is 0 Å². The maximum Gasteiger partial charge on any atom is 0.371 e. The second-order valence-corrected chi connectivity index (χ2v) is 6.68. The first-order valence-electron chi connectivity index (χ1n) is 6.17. The zero-order valence-electron chi connectivity index (χ0n) is 11.0. The minimum atomic E-state index is -3.46. The summed E-state index contributed by atoms with van der Waals surface area (Å²) in [6.45, 7) is 4.85. The average Bonchev–Trinajstić information content (AvgIpc) is 2.34. The van der Waals surface area contributed by atoms with Crippen LogP contribution >= 0.6 is 16.1 Å². The van der Waals surface area contributed by atoms with Crippen molar-refractivity contribution in [2.75, 3.05) is 26.4 Å². The lowest BCUT2D eigenvalue weighted by atomic mass is 10.2. The Morgan fingerprint density at radius 1 is 1.17 bits per heavy atom. The van der Waals surface area contributed by atoms with Gasteiger partial charge in [-0.2, -0.15) is 0 Å². The molecule has 2 N–H and O–H groups in total. The number of rotatable bonds is 12. The van der Waals surface area contributed by atoms with E-state index in [1.54, 1.807) is 13.8 Å². The fourth-order valence-electron chi connectivity index (χ4n) is 1.32. The summed E-state index contributed by atoms with van der Waals surface area (Å²) in [5.41, 5.74) is 4.32. The van der Waals surface area contributed by atoms with Crippen LogP contribution < -0.4 is 5.73 Å². The van der Waals surface area contributed by atoms with Gasteiger partial charge in [-0.1, -0.05) is 0 Å². The summed E-state index contributed by atoms with van der Waals surface area (Å²) in [5.74, 6) is 0. The van der Waals surface area contributed by atoms with E-state index >= 15 is 0 Å². The summed E-state index contributed by atoms with van der Waals surface area (Å²) in [6.07, 6.45) is 2.62. The molecule has 18 heavy (non-hydrogen) atoms. The SMILES string of the molecule is CCOP(=O)(OCC)C(OCCCCCN)P=O. The lowest BCUT2D eigenvalue weighted by Crippen LogP contribution is -2.12. The van der Waals surface area contributed by atoms with Crippen molar-refractivity contribution >= 4 is 16.1 Å². The summed E-state index contributed by atoms with van der Waals surface area (Å²) in [6, 6.07) is 0. The fourth-order valence-corrected chi connectivity index (χ4v) is 3.68. The Kier molecular flexibility index (Phi) is 11.1. The molecule has 0 fully saturated rings. The highest BCUT2D eigenvalue weighted by Crippen LogP contribution is 2.57. The predicted molar refractivity (Wildman–Crippen MR) is 71.1 cm³/mol. The Balaban J connectivity index is 4.25. The van der Waals surface area contributed by atoms with Gasteiger partial charge in [-0.15, -0.1) is 0 Å². The molecule has 0 aromatic carbocycles. The van der Waals surface area contributed by atoms with Crippen LogP contribution in [0.15, 0.2) is 0 Å². The van der Waals surface area contributed by atoms with Gasteiger partial charge in [-0.25, -0.2) is 0 Å². The molecular weight excluding hydrogens is 276 g/mol. The van der Waals surface area contributed by atoms with Crippen molar-refractivity contribution in [2.24, 2.45) is 5.73 Å². The first-order chi connectivity index (χ1) is 8.64. The molecule has 108 valence electrons. The molecule has 0 aromatic heterocycles. The molecular formula is C10H23NO5P2. The third-order valence-electron chi connectivity index (χ3n) is 2.09. The number of hydrogen-bond donors (Lipinski definition) is 1. The van der Waals surface area contributed by atoms with Crippen molar-refractivity contribution in [3.63, 3.8) is 0 Å². The van der Waals surface area contributed by atoms with E-state index in [0.717, 1.165) is 19.3 Å². The van der Waals surface area contributed by atoms with E-state index < -0.39 is 13.2 Å². The van der Waals surface area contributed by atoms with Crippen LogP contribution in [0, 0.1) is 0 Å². The zero-order chi connectivity index (χ0) is 13.9. The van der Waals surface area contributed by atoms with E-state index in [9.17, 15) is 9.13 Å². The normalized spacial score (nSPS) is 13.9. The van der Waals surface area contributed by atoms with Gasteiger partial charge in [0.25, 0.3) is 0 Å². The Labute approximate surface area is 110 Å². The molecule has 1 atom stereocenters. The van der Waals surface area contributed by atoms with Crippen molar-refractivity contribution in [3.8, 4) is 0 Å². The summed E-state index contributed by atoms with van der Waals surface area (Å²) in [7, 11) is -3.84. The lowest BCUT2D eigenvalue weighted by molar-refractivity contribution is 0.109. The predicted octanol–water partition coefficient (Wildman–Crippen LogP) is 2.97. The molecule has 0 rings (SSSR count). The molecule has 0 saturated heterocycles. The molecule has 8 heteroatoms. The van der Waals surface area contributed by atoms with Crippen LogP contribution in [0.25, 0.3) is 0 Å². The van der Waals surface area contributed by atoms with Gasteiger partial charge in [0.15, 0.2) is 0 Å². The van der Waals surface area contributed by atoms with Crippen LogP contribution in [0.2, 0.25) is 0 Å². The molecule has 0 amide bonds. The van der Waals surface area contributed by atoms with E-state index in [2.05, 4.69) is 0 Å². The van der Waals surface area contributed by atoms with Crippen molar-refractivity contribution in [1.29, 1.82) is 0 Å². The maximum atomic E-state index is 12.3. The van der Waals surface area contributed by atoms with Crippen LogP contribution in [0.5, 0.6) is 0 Å². The molecule has 0 radical (unpaired) electrons. The topological polar surface area (TPSA) is 87.8 Å². The second kappa shape index (κ2) is 11.0. The van der Waals surface area contributed by atoms with Gasteiger partial charge < -0.3 is 19.5 Å². The van der Waals surface area contributed by atoms with Gasteiger partial charge in [0, 0.05) is 6.61 Å². The van der Waals surface area contributed by atoms with Gasteiger partial charge in [0.05, 0.1) is 13.2 Å². The highest BCUT2D eigenvalue weighted by Gasteiger charge is 2.37. The monoisotopic (exact) mass is 299 g/mol. The Morgan fingerprint density at radius 2 is 1.78 bits per heavy atom. The molecule has 0 saturated carbocycles. The van der Waals surface area contributed by atoms with Gasteiger partial charge in [-0.05, 0) is 39.7 Å². The van der Waals surface area contributed by atoms with Crippen LogP contribution in [0.3, 0.4) is 0 Å². The molecule has 0 aromatic rings. The van der Waals surface area contributed by atoms with Crippen molar-refractivity contribution in [3.05, 3.63) is 0 Å². The highest BCUT2D eigenvalue weighted by atomic mass is 31.2. The third-order valence-corrected chi connectivity index (χ3v) is 5.48. The highest BCUT2D eigenvalue weighted by molar-refractivity contribution is 7.63. The minimum absolute atomic E-state index is 0.222. The van der Waals surface area contributed by atoms with Crippen LogP contribution in [0.1, 0.15) is 33.1 Å². The molecule has 0 spiro atoms. The van der Waals surface area contributed by atoms with E-state index in [0.29, 0.717) is 13.2 Å². The largest absolute Gasteiger partial charge is 0.371 e. The smallest absolute Gasteiger partial charge is 0.355 e. The summed E-state index contributed by atoms with van der Waals surface area (Å²) in [5, 5.41) is 0. The van der Waals surface area contributed by atoms with Crippen LogP contribution in [0.4, 0.5) is 0 Å². The number of nitrogens with two attached hydrogens (primary N) is 1. The Hall–Kier alpha value is 0.170. The summed E-state index contributed by atoms with van der Waals surface area (Å²) >= 11 is 0. The third kappa shape index (κ3) is 6.93. The van der Waals surface area contributed by atoms with Gasteiger partial charge in [-0.3, -0.25) is 9.13 Å².